The number of nitrogens with two attached hydrogens (primary N) is 1. The number of carbonyl (C=O) groups excluding carboxylic acids is 2. The Morgan fingerprint density at radius 1 is 1.16 bits per heavy atom. The van der Waals surface area contributed by atoms with E-state index in [0.29, 0.717) is 31.7 Å². The second-order valence-corrected chi connectivity index (χ2v) is 10.7. The highest BCUT2D eigenvalue weighted by Gasteiger charge is 2.53. The quantitative estimate of drug-likeness (QED) is 0.647. The molecular weight excluding hydrogens is 400 g/mol. The van der Waals surface area contributed by atoms with Gasteiger partial charge in [0.2, 0.25) is 11.8 Å². The highest BCUT2D eigenvalue weighted by molar-refractivity contribution is 6.00. The zero-order chi connectivity index (χ0) is 23.5. The maximum Gasteiger partial charge on any atom is 0.246 e. The summed E-state index contributed by atoms with van der Waals surface area (Å²) in [6.45, 7) is 13.5. The van der Waals surface area contributed by atoms with E-state index in [-0.39, 0.29) is 23.4 Å². The number of piperidine rings is 1. The number of carbonyl (C=O) groups is 2. The summed E-state index contributed by atoms with van der Waals surface area (Å²) in [5.41, 5.74) is 7.54. The number of nitrogens with one attached hydrogen (secondary N) is 1. The van der Waals surface area contributed by atoms with Gasteiger partial charge in [0.25, 0.3) is 0 Å². The first-order chi connectivity index (χ1) is 15.1. The molecule has 2 aliphatic heterocycles. The molecule has 178 valence electrons. The van der Waals surface area contributed by atoms with Gasteiger partial charge in [-0.2, -0.15) is 0 Å². The Bertz CT molecular complexity index is 789. The lowest BCUT2D eigenvalue weighted by Crippen LogP contribution is -2.73. The van der Waals surface area contributed by atoms with Crippen LogP contribution < -0.4 is 11.1 Å². The molecule has 0 aliphatic carbocycles. The topological polar surface area (TPSA) is 78.7 Å². The fourth-order valence-electron chi connectivity index (χ4n) is 5.02. The fraction of sp³-hybridized carbons (Fsp3) is 0.692. The highest BCUT2D eigenvalue weighted by atomic mass is 16.2. The second kappa shape index (κ2) is 9.92. The van der Waals surface area contributed by atoms with Gasteiger partial charge in [-0.15, -0.1) is 0 Å². The molecule has 2 amide bonds. The SMILES string of the molecule is CCCCN1C(=O)[C@H](CC(C)C)NC(=O)C12CCN(Cc1ccc(C(C)(C)N)cc1)CC2. The molecule has 1 aromatic rings. The van der Waals surface area contributed by atoms with E-state index in [2.05, 4.69) is 55.3 Å². The summed E-state index contributed by atoms with van der Waals surface area (Å²) >= 11 is 0. The van der Waals surface area contributed by atoms with Crippen LogP contribution in [0.4, 0.5) is 0 Å². The van der Waals surface area contributed by atoms with E-state index >= 15 is 0 Å². The first-order valence-electron chi connectivity index (χ1n) is 12.3. The minimum Gasteiger partial charge on any atom is -0.342 e. The molecule has 2 heterocycles. The molecule has 3 N–H and O–H groups in total. The molecule has 2 aliphatic rings. The van der Waals surface area contributed by atoms with Crippen LogP contribution in [0.1, 0.15) is 77.8 Å². The van der Waals surface area contributed by atoms with E-state index in [4.69, 9.17) is 5.73 Å². The van der Waals surface area contributed by atoms with E-state index in [1.54, 1.807) is 0 Å². The summed E-state index contributed by atoms with van der Waals surface area (Å²) in [7, 11) is 0. The van der Waals surface area contributed by atoms with Crippen molar-refractivity contribution in [1.82, 2.24) is 15.1 Å². The van der Waals surface area contributed by atoms with Gasteiger partial charge < -0.3 is 16.0 Å². The number of unbranched alkanes of at least 4 members (excludes halogenated alkanes) is 1. The number of piperazine rings is 1. The number of nitrogens with zero attached hydrogens (tertiary/aromatic N) is 2. The molecular formula is C26H42N4O2. The van der Waals surface area contributed by atoms with Crippen molar-refractivity contribution in [2.45, 2.75) is 90.4 Å². The average molecular weight is 443 g/mol. The van der Waals surface area contributed by atoms with Crippen LogP contribution in [0.2, 0.25) is 0 Å². The summed E-state index contributed by atoms with van der Waals surface area (Å²) in [4.78, 5) is 31.0. The van der Waals surface area contributed by atoms with Crippen LogP contribution >= 0.6 is 0 Å². The van der Waals surface area contributed by atoms with Gasteiger partial charge in [-0.25, -0.2) is 0 Å². The van der Waals surface area contributed by atoms with Crippen LogP contribution in [-0.4, -0.2) is 52.8 Å². The summed E-state index contributed by atoms with van der Waals surface area (Å²) in [5, 5.41) is 3.09. The van der Waals surface area contributed by atoms with Crippen LogP contribution in [0, 0.1) is 5.92 Å². The minimum atomic E-state index is -0.691. The maximum absolute atomic E-state index is 13.4. The molecule has 32 heavy (non-hydrogen) atoms. The lowest BCUT2D eigenvalue weighted by atomic mass is 9.80. The summed E-state index contributed by atoms with van der Waals surface area (Å²) in [5.74, 6) is 0.526. The van der Waals surface area contributed by atoms with Crippen molar-refractivity contribution in [2.75, 3.05) is 19.6 Å². The van der Waals surface area contributed by atoms with Crippen molar-refractivity contribution in [1.29, 1.82) is 0 Å². The standard InChI is InChI=1S/C26H42N4O2/c1-6-7-14-30-23(31)22(17-19(2)3)28-24(32)26(30)12-15-29(16-13-26)18-20-8-10-21(11-9-20)25(4,5)27/h8-11,19,22H,6-7,12-18,27H2,1-5H3,(H,28,32)/t22-/m0/s1. The van der Waals surface area contributed by atoms with Crippen molar-refractivity contribution < 1.29 is 9.59 Å². The monoisotopic (exact) mass is 442 g/mol. The molecule has 3 rings (SSSR count). The largest absolute Gasteiger partial charge is 0.342 e. The van der Waals surface area contributed by atoms with E-state index in [1.165, 1.54) is 5.56 Å². The predicted octanol–water partition coefficient (Wildman–Crippen LogP) is 3.39. The summed E-state index contributed by atoms with van der Waals surface area (Å²) < 4.78 is 0. The number of hydrogen-bond donors (Lipinski definition) is 2. The lowest BCUT2D eigenvalue weighted by Gasteiger charge is -2.52. The zero-order valence-electron chi connectivity index (χ0n) is 20.6. The van der Waals surface area contributed by atoms with Crippen molar-refractivity contribution in [3.8, 4) is 0 Å². The third-order valence-corrected chi connectivity index (χ3v) is 7.04. The molecule has 0 aromatic heterocycles. The summed E-state index contributed by atoms with van der Waals surface area (Å²) in [6, 6.07) is 8.13. The molecule has 2 saturated heterocycles. The van der Waals surface area contributed by atoms with E-state index in [1.807, 2.05) is 18.7 Å². The Morgan fingerprint density at radius 2 is 1.78 bits per heavy atom. The van der Waals surface area contributed by atoms with Crippen molar-refractivity contribution >= 4 is 11.8 Å². The van der Waals surface area contributed by atoms with Crippen molar-refractivity contribution in [3.05, 3.63) is 35.4 Å². The van der Waals surface area contributed by atoms with Crippen LogP contribution in [0.5, 0.6) is 0 Å². The Hall–Kier alpha value is -1.92. The molecule has 1 spiro atoms. The maximum atomic E-state index is 13.4. The van der Waals surface area contributed by atoms with Crippen LogP contribution in [0.25, 0.3) is 0 Å². The van der Waals surface area contributed by atoms with E-state index < -0.39 is 5.54 Å². The van der Waals surface area contributed by atoms with E-state index in [0.717, 1.165) is 38.0 Å². The number of amides is 2. The van der Waals surface area contributed by atoms with Crippen molar-refractivity contribution in [2.24, 2.45) is 11.7 Å². The molecule has 1 aromatic carbocycles. The number of rotatable bonds is 8. The molecule has 2 fully saturated rings. The van der Waals surface area contributed by atoms with Gasteiger partial charge in [0.15, 0.2) is 0 Å². The molecule has 1 atom stereocenters. The van der Waals surface area contributed by atoms with Crippen LogP contribution in [-0.2, 0) is 21.7 Å². The minimum absolute atomic E-state index is 0.0491. The number of hydrogen-bond acceptors (Lipinski definition) is 4. The molecule has 0 saturated carbocycles. The number of likely N-dealkylation sites (tertiary alicyclic amines) is 1. The van der Waals surface area contributed by atoms with Gasteiger partial charge in [-0.1, -0.05) is 51.5 Å². The fourth-order valence-corrected chi connectivity index (χ4v) is 5.02. The van der Waals surface area contributed by atoms with Crippen molar-refractivity contribution in [3.63, 3.8) is 0 Å². The number of benzene rings is 1. The lowest BCUT2D eigenvalue weighted by molar-refractivity contribution is -0.161. The predicted molar refractivity (Wildman–Crippen MR) is 129 cm³/mol. The Labute approximate surface area is 193 Å². The van der Waals surface area contributed by atoms with Gasteiger partial charge in [-0.3, -0.25) is 14.5 Å². The molecule has 0 radical (unpaired) electrons. The van der Waals surface area contributed by atoms with Crippen LogP contribution in [0.15, 0.2) is 24.3 Å². The molecule has 6 heteroatoms. The average Bonchev–Trinajstić information content (AvgIpc) is 2.73. The highest BCUT2D eigenvalue weighted by Crippen LogP contribution is 2.34. The normalized spacial score (nSPS) is 22.0. The van der Waals surface area contributed by atoms with Gasteiger partial charge in [-0.05, 0) is 56.6 Å². The second-order valence-electron chi connectivity index (χ2n) is 10.7. The van der Waals surface area contributed by atoms with Gasteiger partial charge in [0, 0.05) is 31.7 Å². The molecule has 0 bridgehead atoms. The van der Waals surface area contributed by atoms with Crippen LogP contribution in [0.3, 0.4) is 0 Å². The first-order valence-corrected chi connectivity index (χ1v) is 12.3. The third kappa shape index (κ3) is 5.34. The Balaban J connectivity index is 1.69. The zero-order valence-corrected chi connectivity index (χ0v) is 20.6. The molecule has 6 nitrogen and oxygen atoms in total. The molecule has 0 unspecified atom stereocenters. The third-order valence-electron chi connectivity index (χ3n) is 7.04. The first kappa shape index (κ1) is 24.7. The summed E-state index contributed by atoms with van der Waals surface area (Å²) in [6.07, 6.45) is 4.03. The van der Waals surface area contributed by atoms with Gasteiger partial charge in [0.05, 0.1) is 0 Å². The van der Waals surface area contributed by atoms with Gasteiger partial charge >= 0.3 is 0 Å². The Morgan fingerprint density at radius 3 is 2.31 bits per heavy atom. The van der Waals surface area contributed by atoms with Gasteiger partial charge in [0.1, 0.15) is 11.6 Å². The smallest absolute Gasteiger partial charge is 0.246 e. The Kier molecular flexibility index (Phi) is 7.66. The van der Waals surface area contributed by atoms with E-state index in [9.17, 15) is 9.59 Å².